The van der Waals surface area contributed by atoms with Gasteiger partial charge >= 0.3 is 30.3 Å². The molecular formula is C18H20F6N2O5. The summed E-state index contributed by atoms with van der Waals surface area (Å²) >= 11 is 0. The maximum Gasteiger partial charge on any atom is 0.493 e. The van der Waals surface area contributed by atoms with Crippen LogP contribution >= 0.6 is 0 Å². The van der Waals surface area contributed by atoms with Crippen LogP contribution in [0.5, 0.6) is 0 Å². The van der Waals surface area contributed by atoms with Crippen LogP contribution in [0.15, 0.2) is 24.3 Å². The molecule has 174 valence electrons. The van der Waals surface area contributed by atoms with Crippen LogP contribution in [0.2, 0.25) is 0 Å². The van der Waals surface area contributed by atoms with Crippen molar-refractivity contribution in [2.45, 2.75) is 51.7 Å². The van der Waals surface area contributed by atoms with E-state index in [1.54, 1.807) is 11.4 Å². The molecule has 2 amide bonds. The minimum atomic E-state index is -5.30. The van der Waals surface area contributed by atoms with Crippen LogP contribution in [0.3, 0.4) is 0 Å². The lowest BCUT2D eigenvalue weighted by atomic mass is 9.97. The predicted molar refractivity (Wildman–Crippen MR) is 93.1 cm³/mol. The lowest BCUT2D eigenvalue weighted by Crippen LogP contribution is -2.42. The quantitative estimate of drug-likeness (QED) is 0.520. The van der Waals surface area contributed by atoms with Crippen molar-refractivity contribution in [1.29, 1.82) is 0 Å². The zero-order valence-corrected chi connectivity index (χ0v) is 16.7. The van der Waals surface area contributed by atoms with Gasteiger partial charge in [-0.2, -0.15) is 26.3 Å². The van der Waals surface area contributed by atoms with E-state index < -0.39 is 49.0 Å². The average Bonchev–Trinajstić information content (AvgIpc) is 2.61. The smallest absolute Gasteiger partial charge is 0.441 e. The fourth-order valence-electron chi connectivity index (χ4n) is 2.33. The predicted octanol–water partition coefficient (Wildman–Crippen LogP) is 3.67. The summed E-state index contributed by atoms with van der Waals surface area (Å²) in [5, 5.41) is 1.83. The standard InChI is InChI=1S/C18H20F6N2O5/c1-4-26(31-14(28)18(22,23)24)15(29)30-16(2,3)9-11-6-5-7-12(8-11)10-25-13(27)17(19,20)21/h5-8H,4,9-10H2,1-3H3,(H,25,27). The molecule has 1 aromatic carbocycles. The van der Waals surface area contributed by atoms with Gasteiger partial charge in [0, 0.05) is 13.0 Å². The highest BCUT2D eigenvalue weighted by Crippen LogP contribution is 2.22. The Balaban J connectivity index is 2.77. The third-order valence-corrected chi connectivity index (χ3v) is 3.61. The van der Waals surface area contributed by atoms with Crippen molar-refractivity contribution in [3.05, 3.63) is 35.4 Å². The van der Waals surface area contributed by atoms with Crippen molar-refractivity contribution in [3.63, 3.8) is 0 Å². The average molecular weight is 458 g/mol. The molecule has 0 unspecified atom stereocenters. The summed E-state index contributed by atoms with van der Waals surface area (Å²) in [5.74, 6) is -4.68. The number of hydrogen-bond donors (Lipinski definition) is 1. The van der Waals surface area contributed by atoms with Crippen LogP contribution in [0.4, 0.5) is 31.1 Å². The molecule has 0 aliphatic heterocycles. The van der Waals surface area contributed by atoms with E-state index in [0.29, 0.717) is 11.1 Å². The number of hydroxylamine groups is 2. The molecule has 0 bridgehead atoms. The van der Waals surface area contributed by atoms with Crippen LogP contribution in [-0.2, 0) is 32.1 Å². The second-order valence-electron chi connectivity index (χ2n) is 6.88. The first-order valence-corrected chi connectivity index (χ1v) is 8.77. The first-order chi connectivity index (χ1) is 14.0. The van der Waals surface area contributed by atoms with Crippen LogP contribution < -0.4 is 5.32 Å². The Morgan fingerprint density at radius 2 is 1.58 bits per heavy atom. The maximum atomic E-state index is 12.3. The summed E-state index contributed by atoms with van der Waals surface area (Å²) < 4.78 is 78.8. The Kier molecular flexibility index (Phi) is 8.30. The van der Waals surface area contributed by atoms with E-state index >= 15 is 0 Å². The number of nitrogens with zero attached hydrogens (tertiary/aromatic N) is 1. The van der Waals surface area contributed by atoms with E-state index in [0.717, 1.165) is 0 Å². The Bertz CT molecular complexity index is 807. The highest BCUT2D eigenvalue weighted by atomic mass is 19.4. The molecule has 1 rings (SSSR count). The topological polar surface area (TPSA) is 84.9 Å². The Morgan fingerprint density at radius 1 is 1.00 bits per heavy atom. The van der Waals surface area contributed by atoms with Crippen LogP contribution in [0.25, 0.3) is 0 Å². The van der Waals surface area contributed by atoms with Gasteiger partial charge in [-0.3, -0.25) is 4.79 Å². The van der Waals surface area contributed by atoms with Crippen LogP contribution in [0.1, 0.15) is 31.9 Å². The number of nitrogens with one attached hydrogen (secondary N) is 1. The number of amides is 2. The van der Waals surface area contributed by atoms with Crippen molar-refractivity contribution in [3.8, 4) is 0 Å². The SMILES string of the molecule is CCN(OC(=O)C(F)(F)F)C(=O)OC(C)(C)Cc1cccc(CNC(=O)C(F)(F)F)c1. The largest absolute Gasteiger partial charge is 0.493 e. The molecule has 0 atom stereocenters. The number of ether oxygens (including phenoxy) is 1. The summed E-state index contributed by atoms with van der Waals surface area (Å²) in [4.78, 5) is 37.9. The van der Waals surface area contributed by atoms with E-state index in [2.05, 4.69) is 4.84 Å². The Morgan fingerprint density at radius 3 is 2.10 bits per heavy atom. The van der Waals surface area contributed by atoms with Gasteiger partial charge in [-0.1, -0.05) is 24.3 Å². The summed E-state index contributed by atoms with van der Waals surface area (Å²) in [6.07, 6.45) is -11.6. The van der Waals surface area contributed by atoms with Gasteiger partial charge in [-0.25, -0.2) is 9.59 Å². The number of benzene rings is 1. The van der Waals surface area contributed by atoms with Gasteiger partial charge in [-0.05, 0) is 31.9 Å². The monoisotopic (exact) mass is 458 g/mol. The highest BCUT2D eigenvalue weighted by molar-refractivity contribution is 5.81. The normalized spacial score (nSPS) is 12.2. The number of halogens is 6. The molecule has 0 radical (unpaired) electrons. The van der Waals surface area contributed by atoms with Crippen molar-refractivity contribution in [2.24, 2.45) is 0 Å². The summed E-state index contributed by atoms with van der Waals surface area (Å²) in [6.45, 7) is 3.32. The lowest BCUT2D eigenvalue weighted by molar-refractivity contribution is -0.232. The molecule has 7 nitrogen and oxygen atoms in total. The molecule has 0 heterocycles. The zero-order valence-electron chi connectivity index (χ0n) is 16.7. The molecule has 0 spiro atoms. The Hall–Kier alpha value is -2.99. The molecule has 13 heteroatoms. The first-order valence-electron chi connectivity index (χ1n) is 8.77. The minimum Gasteiger partial charge on any atom is -0.441 e. The molecule has 1 aromatic rings. The fraction of sp³-hybridized carbons (Fsp3) is 0.500. The van der Waals surface area contributed by atoms with E-state index in [9.17, 15) is 40.7 Å². The van der Waals surface area contributed by atoms with Gasteiger partial charge < -0.3 is 14.9 Å². The van der Waals surface area contributed by atoms with Crippen molar-refractivity contribution in [2.75, 3.05) is 6.54 Å². The third kappa shape index (κ3) is 8.72. The number of carbonyl (C=O) groups excluding carboxylic acids is 3. The van der Waals surface area contributed by atoms with Gasteiger partial charge in [0.25, 0.3) is 0 Å². The van der Waals surface area contributed by atoms with Crippen molar-refractivity contribution < 1.29 is 50.3 Å². The molecule has 0 aliphatic rings. The molecule has 0 aliphatic carbocycles. The summed E-state index contributed by atoms with van der Waals surface area (Å²) in [6, 6.07) is 6.01. The first kappa shape index (κ1) is 26.0. The van der Waals surface area contributed by atoms with Crippen molar-refractivity contribution >= 4 is 18.0 Å². The number of carbonyl (C=O) groups is 3. The molecule has 31 heavy (non-hydrogen) atoms. The number of rotatable bonds is 6. The van der Waals surface area contributed by atoms with Gasteiger partial charge in [0.15, 0.2) is 0 Å². The zero-order chi connectivity index (χ0) is 24.0. The van der Waals surface area contributed by atoms with Crippen LogP contribution in [0, 0.1) is 0 Å². The second kappa shape index (κ2) is 9.88. The fourth-order valence-corrected chi connectivity index (χ4v) is 2.33. The molecular weight excluding hydrogens is 438 g/mol. The molecule has 1 N–H and O–H groups in total. The van der Waals surface area contributed by atoms with Gasteiger partial charge in [0.05, 0.1) is 6.54 Å². The Labute approximate surface area is 173 Å². The third-order valence-electron chi connectivity index (χ3n) is 3.61. The van der Waals surface area contributed by atoms with Crippen LogP contribution in [-0.4, -0.2) is 47.5 Å². The molecule has 0 saturated carbocycles. The lowest BCUT2D eigenvalue weighted by Gasteiger charge is -2.28. The minimum absolute atomic E-state index is 0.0184. The number of hydrogen-bond acceptors (Lipinski definition) is 5. The van der Waals surface area contributed by atoms with Crippen molar-refractivity contribution in [1.82, 2.24) is 10.4 Å². The van der Waals surface area contributed by atoms with Gasteiger partial charge in [0.1, 0.15) is 5.60 Å². The van der Waals surface area contributed by atoms with Gasteiger partial charge in [0.2, 0.25) is 0 Å². The number of alkyl halides is 6. The molecule has 0 fully saturated rings. The van der Waals surface area contributed by atoms with E-state index in [1.165, 1.54) is 39.0 Å². The second-order valence-corrected chi connectivity index (χ2v) is 6.88. The van der Waals surface area contributed by atoms with E-state index in [-0.39, 0.29) is 11.5 Å². The van der Waals surface area contributed by atoms with Gasteiger partial charge in [-0.15, -0.1) is 5.06 Å². The summed E-state index contributed by atoms with van der Waals surface area (Å²) in [5.41, 5.74) is -0.443. The maximum absolute atomic E-state index is 12.3. The highest BCUT2D eigenvalue weighted by Gasteiger charge is 2.44. The molecule has 0 saturated heterocycles. The summed E-state index contributed by atoms with van der Waals surface area (Å²) in [7, 11) is 0. The molecule has 0 aromatic heterocycles. The van der Waals surface area contributed by atoms with E-state index in [1.807, 2.05) is 0 Å². The van der Waals surface area contributed by atoms with E-state index in [4.69, 9.17) is 4.74 Å².